The third-order valence-electron chi connectivity index (χ3n) is 6.66. The molecule has 1 N–H and O–H groups in total. The fourth-order valence-electron chi connectivity index (χ4n) is 4.83. The van der Waals surface area contributed by atoms with Gasteiger partial charge in [0.05, 0.1) is 18.7 Å². The minimum Gasteiger partial charge on any atom is -0.507 e. The number of rotatable bonds is 4. The van der Waals surface area contributed by atoms with Crippen LogP contribution < -0.4 is 4.74 Å². The summed E-state index contributed by atoms with van der Waals surface area (Å²) in [5.41, 5.74) is 3.52. The molecule has 0 radical (unpaired) electrons. The molecule has 0 aromatic heterocycles. The molecular formula is C26H29NO4. The van der Waals surface area contributed by atoms with E-state index in [-0.39, 0.29) is 17.4 Å². The Morgan fingerprint density at radius 2 is 1.71 bits per heavy atom. The predicted molar refractivity (Wildman–Crippen MR) is 120 cm³/mol. The predicted octanol–water partition coefficient (Wildman–Crippen LogP) is 5.07. The van der Waals surface area contributed by atoms with E-state index in [9.17, 15) is 14.7 Å². The van der Waals surface area contributed by atoms with E-state index < -0.39 is 17.7 Å². The molecule has 0 bridgehead atoms. The van der Waals surface area contributed by atoms with Crippen molar-refractivity contribution in [2.24, 2.45) is 0 Å². The van der Waals surface area contributed by atoms with Crippen molar-refractivity contribution in [3.05, 3.63) is 70.3 Å². The molecule has 1 atom stereocenters. The lowest BCUT2D eigenvalue weighted by molar-refractivity contribution is -0.141. The Bertz CT molecular complexity index is 1050. The number of hydrogen-bond donors (Lipinski definition) is 1. The van der Waals surface area contributed by atoms with Crippen LogP contribution in [0.3, 0.4) is 0 Å². The number of amides is 1. The van der Waals surface area contributed by atoms with Gasteiger partial charge in [0.1, 0.15) is 11.5 Å². The molecule has 1 unspecified atom stereocenters. The lowest BCUT2D eigenvalue weighted by Gasteiger charge is -2.35. The molecule has 1 aliphatic heterocycles. The number of para-hydroxylation sites is 1. The fourth-order valence-corrected chi connectivity index (χ4v) is 4.83. The number of methoxy groups -OCH3 is 1. The lowest BCUT2D eigenvalue weighted by Crippen LogP contribution is -2.40. The number of Topliss-reactive ketones (excluding diaryl/α,β-unsaturated/α-hetero) is 1. The second kappa shape index (κ2) is 8.58. The van der Waals surface area contributed by atoms with E-state index in [2.05, 4.69) is 0 Å². The molecule has 1 saturated carbocycles. The first-order chi connectivity index (χ1) is 14.9. The van der Waals surface area contributed by atoms with Gasteiger partial charge in [-0.3, -0.25) is 9.59 Å². The minimum atomic E-state index is -0.666. The first kappa shape index (κ1) is 21.2. The molecule has 2 aromatic carbocycles. The van der Waals surface area contributed by atoms with Gasteiger partial charge in [0.25, 0.3) is 11.7 Å². The number of benzene rings is 2. The zero-order valence-corrected chi connectivity index (χ0v) is 18.4. The number of likely N-dealkylation sites (tertiary alicyclic amines) is 1. The number of carbonyl (C=O) groups is 2. The Morgan fingerprint density at radius 3 is 2.39 bits per heavy atom. The lowest BCUT2D eigenvalue weighted by atomic mass is 9.90. The summed E-state index contributed by atoms with van der Waals surface area (Å²) in [6.07, 6.45) is 4.93. The molecule has 5 nitrogen and oxygen atoms in total. The Labute approximate surface area is 183 Å². The van der Waals surface area contributed by atoms with Crippen LogP contribution in [0.1, 0.15) is 60.4 Å². The van der Waals surface area contributed by atoms with E-state index in [0.717, 1.165) is 48.8 Å². The van der Waals surface area contributed by atoms with Crippen LogP contribution in [0, 0.1) is 13.8 Å². The van der Waals surface area contributed by atoms with Gasteiger partial charge in [-0.05, 0) is 49.9 Å². The van der Waals surface area contributed by atoms with Crippen LogP contribution in [-0.2, 0) is 9.59 Å². The number of aliphatic hydroxyl groups excluding tert-OH is 1. The Balaban J connectivity index is 1.92. The van der Waals surface area contributed by atoms with Crippen molar-refractivity contribution in [1.82, 2.24) is 4.90 Å². The quantitative estimate of drug-likeness (QED) is 0.427. The van der Waals surface area contributed by atoms with Crippen molar-refractivity contribution in [2.75, 3.05) is 7.11 Å². The summed E-state index contributed by atoms with van der Waals surface area (Å²) in [5.74, 6) is -0.692. The Kier molecular flexibility index (Phi) is 5.86. The highest BCUT2D eigenvalue weighted by atomic mass is 16.5. The van der Waals surface area contributed by atoms with Gasteiger partial charge in [-0.15, -0.1) is 0 Å². The van der Waals surface area contributed by atoms with Gasteiger partial charge in [-0.1, -0.05) is 49.6 Å². The highest BCUT2D eigenvalue weighted by molar-refractivity contribution is 6.46. The van der Waals surface area contributed by atoms with Gasteiger partial charge < -0.3 is 14.7 Å². The molecule has 162 valence electrons. The zero-order chi connectivity index (χ0) is 22.1. The summed E-state index contributed by atoms with van der Waals surface area (Å²) in [7, 11) is 1.58. The molecule has 2 fully saturated rings. The Hall–Kier alpha value is -3.08. The van der Waals surface area contributed by atoms with Gasteiger partial charge in [0.2, 0.25) is 0 Å². The molecule has 1 amide bonds. The molecule has 4 rings (SSSR count). The molecule has 1 heterocycles. The summed E-state index contributed by atoms with van der Waals surface area (Å²) in [4.78, 5) is 28.2. The van der Waals surface area contributed by atoms with E-state index in [4.69, 9.17) is 4.74 Å². The maximum Gasteiger partial charge on any atom is 0.295 e. The summed E-state index contributed by atoms with van der Waals surface area (Å²) in [6.45, 7) is 3.96. The molecule has 0 spiro atoms. The number of nitrogens with zero attached hydrogens (tertiary/aromatic N) is 1. The number of aryl methyl sites for hydroxylation is 2. The van der Waals surface area contributed by atoms with E-state index in [1.54, 1.807) is 18.1 Å². The average molecular weight is 420 g/mol. The van der Waals surface area contributed by atoms with Gasteiger partial charge >= 0.3 is 0 Å². The van der Waals surface area contributed by atoms with Crippen LogP contribution in [0.5, 0.6) is 5.75 Å². The zero-order valence-electron chi connectivity index (χ0n) is 18.4. The maximum atomic E-state index is 13.3. The molecule has 2 aliphatic rings. The van der Waals surface area contributed by atoms with Crippen molar-refractivity contribution in [3.8, 4) is 5.75 Å². The smallest absolute Gasteiger partial charge is 0.295 e. The third kappa shape index (κ3) is 3.73. The SMILES string of the molecule is COc1ccccc1C1/C(=C(\O)c2ccc(C)c(C)c2)C(=O)C(=O)N1C1CCCCC1. The van der Waals surface area contributed by atoms with Gasteiger partial charge in [0, 0.05) is 17.2 Å². The van der Waals surface area contributed by atoms with E-state index in [0.29, 0.717) is 11.3 Å². The van der Waals surface area contributed by atoms with Crippen molar-refractivity contribution in [1.29, 1.82) is 0 Å². The number of carbonyl (C=O) groups excluding carboxylic acids is 2. The van der Waals surface area contributed by atoms with Gasteiger partial charge in [0.15, 0.2) is 0 Å². The van der Waals surface area contributed by atoms with Crippen molar-refractivity contribution < 1.29 is 19.4 Å². The van der Waals surface area contributed by atoms with Gasteiger partial charge in [-0.2, -0.15) is 0 Å². The highest BCUT2D eigenvalue weighted by Crippen LogP contribution is 2.45. The molecule has 2 aromatic rings. The molecule has 31 heavy (non-hydrogen) atoms. The summed E-state index contributed by atoms with van der Waals surface area (Å²) in [5, 5.41) is 11.3. The van der Waals surface area contributed by atoms with Crippen LogP contribution in [0.15, 0.2) is 48.0 Å². The highest BCUT2D eigenvalue weighted by Gasteiger charge is 2.49. The first-order valence-electron chi connectivity index (χ1n) is 10.9. The van der Waals surface area contributed by atoms with Gasteiger partial charge in [-0.25, -0.2) is 0 Å². The molecular weight excluding hydrogens is 390 g/mol. The summed E-state index contributed by atoms with van der Waals surface area (Å²) < 4.78 is 5.58. The van der Waals surface area contributed by atoms with Crippen molar-refractivity contribution in [3.63, 3.8) is 0 Å². The van der Waals surface area contributed by atoms with Crippen LogP contribution in [0.25, 0.3) is 5.76 Å². The monoisotopic (exact) mass is 419 g/mol. The van der Waals surface area contributed by atoms with Crippen molar-refractivity contribution in [2.45, 2.75) is 58.0 Å². The normalized spacial score (nSPS) is 21.5. The average Bonchev–Trinajstić information content (AvgIpc) is 3.06. The Morgan fingerprint density at radius 1 is 1.00 bits per heavy atom. The minimum absolute atomic E-state index is 0.0230. The second-order valence-corrected chi connectivity index (χ2v) is 8.54. The van der Waals surface area contributed by atoms with Crippen LogP contribution >= 0.6 is 0 Å². The molecule has 5 heteroatoms. The molecule has 1 saturated heterocycles. The maximum absolute atomic E-state index is 13.3. The van der Waals surface area contributed by atoms with Crippen LogP contribution in [-0.4, -0.2) is 34.8 Å². The molecule has 1 aliphatic carbocycles. The van der Waals surface area contributed by atoms with E-state index >= 15 is 0 Å². The fraction of sp³-hybridized carbons (Fsp3) is 0.385. The largest absolute Gasteiger partial charge is 0.507 e. The van der Waals surface area contributed by atoms with Crippen LogP contribution in [0.4, 0.5) is 0 Å². The summed E-state index contributed by atoms with van der Waals surface area (Å²) >= 11 is 0. The number of ether oxygens (including phenoxy) is 1. The third-order valence-corrected chi connectivity index (χ3v) is 6.66. The standard InChI is InChI=1S/C26H29NO4/c1-16-13-14-18(15-17(16)2)24(28)22-23(20-11-7-8-12-21(20)31-3)27(26(30)25(22)29)19-9-5-4-6-10-19/h7-8,11-15,19,23,28H,4-6,9-10H2,1-3H3/b24-22+. The first-order valence-corrected chi connectivity index (χ1v) is 10.9. The topological polar surface area (TPSA) is 66.8 Å². The van der Waals surface area contributed by atoms with Crippen LogP contribution in [0.2, 0.25) is 0 Å². The summed E-state index contributed by atoms with van der Waals surface area (Å²) in [6, 6.07) is 12.3. The number of ketones is 1. The number of hydrogen-bond acceptors (Lipinski definition) is 4. The second-order valence-electron chi connectivity index (χ2n) is 8.54. The van der Waals surface area contributed by atoms with E-state index in [1.165, 1.54) is 0 Å². The van der Waals surface area contributed by atoms with E-state index in [1.807, 2.05) is 50.2 Å². The van der Waals surface area contributed by atoms with Crippen molar-refractivity contribution >= 4 is 17.4 Å². The number of aliphatic hydroxyl groups is 1.